The summed E-state index contributed by atoms with van der Waals surface area (Å²) >= 11 is 5.92. The zero-order valence-corrected chi connectivity index (χ0v) is 12.2. The molecular weight excluding hydrogens is 272 g/mol. The number of carbonyl (C=O) groups excluding carboxylic acids is 1. The van der Waals surface area contributed by atoms with E-state index in [1.165, 1.54) is 5.56 Å². The van der Waals surface area contributed by atoms with Crippen molar-refractivity contribution >= 4 is 28.9 Å². The minimum Gasteiger partial charge on any atom is -0.398 e. The van der Waals surface area contributed by atoms with Crippen molar-refractivity contribution in [2.45, 2.75) is 19.8 Å². The van der Waals surface area contributed by atoms with Gasteiger partial charge < -0.3 is 11.1 Å². The van der Waals surface area contributed by atoms with Crippen molar-refractivity contribution < 1.29 is 4.79 Å². The van der Waals surface area contributed by atoms with Crippen molar-refractivity contribution in [1.29, 1.82) is 0 Å². The van der Waals surface area contributed by atoms with E-state index in [2.05, 4.69) is 19.2 Å². The quantitative estimate of drug-likeness (QED) is 0.828. The van der Waals surface area contributed by atoms with Crippen LogP contribution in [0.1, 0.15) is 35.7 Å². The molecule has 0 fully saturated rings. The number of amides is 1. The van der Waals surface area contributed by atoms with Gasteiger partial charge >= 0.3 is 0 Å². The van der Waals surface area contributed by atoms with E-state index in [0.717, 1.165) is 5.69 Å². The van der Waals surface area contributed by atoms with Gasteiger partial charge in [-0.2, -0.15) is 0 Å². The van der Waals surface area contributed by atoms with Crippen molar-refractivity contribution in [3.63, 3.8) is 0 Å². The van der Waals surface area contributed by atoms with Crippen molar-refractivity contribution in [3.8, 4) is 0 Å². The monoisotopic (exact) mass is 288 g/mol. The molecule has 0 spiro atoms. The third-order valence-electron chi connectivity index (χ3n) is 3.07. The Kier molecular flexibility index (Phi) is 4.30. The number of nitrogens with two attached hydrogens (primary N) is 1. The van der Waals surface area contributed by atoms with E-state index in [-0.39, 0.29) is 5.91 Å². The number of nitrogen functional groups attached to an aromatic ring is 1. The average Bonchev–Trinajstić information content (AvgIpc) is 2.42. The topological polar surface area (TPSA) is 55.1 Å². The van der Waals surface area contributed by atoms with Crippen LogP contribution in [0.4, 0.5) is 11.4 Å². The number of hydrogen-bond donors (Lipinski definition) is 2. The molecule has 0 aromatic heterocycles. The van der Waals surface area contributed by atoms with E-state index in [0.29, 0.717) is 22.2 Å². The molecule has 0 aliphatic carbocycles. The van der Waals surface area contributed by atoms with Crippen LogP contribution >= 0.6 is 11.6 Å². The lowest BCUT2D eigenvalue weighted by Gasteiger charge is -2.10. The summed E-state index contributed by atoms with van der Waals surface area (Å²) in [7, 11) is 0. The van der Waals surface area contributed by atoms with E-state index in [4.69, 9.17) is 17.3 Å². The average molecular weight is 289 g/mol. The molecule has 2 aromatic carbocycles. The molecule has 0 aliphatic heterocycles. The molecule has 104 valence electrons. The molecule has 2 rings (SSSR count). The van der Waals surface area contributed by atoms with E-state index < -0.39 is 0 Å². The fraction of sp³-hybridized carbons (Fsp3) is 0.188. The van der Waals surface area contributed by atoms with Crippen LogP contribution in [0, 0.1) is 0 Å². The van der Waals surface area contributed by atoms with E-state index in [1.807, 2.05) is 24.3 Å². The first-order chi connectivity index (χ1) is 9.47. The molecule has 0 saturated carbocycles. The van der Waals surface area contributed by atoms with Gasteiger partial charge in [0.05, 0.1) is 10.7 Å². The molecule has 0 atom stereocenters. The highest BCUT2D eigenvalue weighted by Gasteiger charge is 2.09. The first kappa shape index (κ1) is 14.4. The number of nitrogens with one attached hydrogen (secondary N) is 1. The summed E-state index contributed by atoms with van der Waals surface area (Å²) in [6.45, 7) is 4.22. The van der Waals surface area contributed by atoms with Crippen molar-refractivity contribution in [2.24, 2.45) is 0 Å². The molecule has 3 nitrogen and oxygen atoms in total. The van der Waals surface area contributed by atoms with Crippen LogP contribution in [0.3, 0.4) is 0 Å². The fourth-order valence-corrected chi connectivity index (χ4v) is 2.03. The number of benzene rings is 2. The highest BCUT2D eigenvalue weighted by Crippen LogP contribution is 2.22. The second kappa shape index (κ2) is 5.97. The van der Waals surface area contributed by atoms with Gasteiger partial charge in [0.15, 0.2) is 0 Å². The maximum absolute atomic E-state index is 12.1. The molecule has 20 heavy (non-hydrogen) atoms. The predicted molar refractivity (Wildman–Crippen MR) is 84.3 cm³/mol. The Morgan fingerprint density at radius 1 is 1.20 bits per heavy atom. The van der Waals surface area contributed by atoms with Gasteiger partial charge in [-0.15, -0.1) is 0 Å². The highest BCUT2D eigenvalue weighted by atomic mass is 35.5. The largest absolute Gasteiger partial charge is 0.398 e. The normalized spacial score (nSPS) is 10.6. The van der Waals surface area contributed by atoms with Gasteiger partial charge in [0.2, 0.25) is 0 Å². The maximum Gasteiger partial charge on any atom is 0.255 e. The van der Waals surface area contributed by atoms with Crippen LogP contribution in [0.5, 0.6) is 0 Å². The van der Waals surface area contributed by atoms with Crippen molar-refractivity contribution in [3.05, 3.63) is 58.6 Å². The lowest BCUT2D eigenvalue weighted by atomic mass is 10.0. The van der Waals surface area contributed by atoms with E-state index in [1.54, 1.807) is 18.2 Å². The maximum atomic E-state index is 12.1. The van der Waals surface area contributed by atoms with Crippen LogP contribution in [-0.2, 0) is 0 Å². The number of halogens is 1. The van der Waals surface area contributed by atoms with E-state index >= 15 is 0 Å². The van der Waals surface area contributed by atoms with Gasteiger partial charge in [-0.3, -0.25) is 4.79 Å². The second-order valence-corrected chi connectivity index (χ2v) is 5.38. The molecule has 1 amide bonds. The Labute approximate surface area is 123 Å². The van der Waals surface area contributed by atoms with Crippen molar-refractivity contribution in [2.75, 3.05) is 11.1 Å². The third kappa shape index (κ3) is 3.31. The van der Waals surface area contributed by atoms with Gasteiger partial charge in [0.1, 0.15) is 0 Å². The minimum absolute atomic E-state index is 0.201. The Morgan fingerprint density at radius 3 is 2.60 bits per heavy atom. The SMILES string of the molecule is CC(C)c1cccc(NC(=O)c2ccc(N)c(Cl)c2)c1. The molecule has 4 heteroatoms. The van der Waals surface area contributed by atoms with Crippen LogP contribution in [0.2, 0.25) is 5.02 Å². The molecular formula is C16H17ClN2O. The zero-order chi connectivity index (χ0) is 14.7. The number of anilines is 2. The second-order valence-electron chi connectivity index (χ2n) is 4.97. The first-order valence-corrected chi connectivity index (χ1v) is 6.81. The summed E-state index contributed by atoms with van der Waals surface area (Å²) in [5.41, 5.74) is 8.53. The first-order valence-electron chi connectivity index (χ1n) is 6.43. The molecule has 0 aliphatic rings. The Bertz CT molecular complexity index is 638. The number of hydrogen-bond acceptors (Lipinski definition) is 2. The molecule has 0 heterocycles. The lowest BCUT2D eigenvalue weighted by Crippen LogP contribution is -2.12. The van der Waals surface area contributed by atoms with Gasteiger partial charge in [0, 0.05) is 11.3 Å². The van der Waals surface area contributed by atoms with E-state index in [9.17, 15) is 4.79 Å². The van der Waals surface area contributed by atoms with Crippen LogP contribution in [0.15, 0.2) is 42.5 Å². The summed E-state index contributed by atoms with van der Waals surface area (Å²) in [5, 5.41) is 3.24. The summed E-state index contributed by atoms with van der Waals surface area (Å²) in [6, 6.07) is 12.7. The Morgan fingerprint density at radius 2 is 1.95 bits per heavy atom. The molecule has 0 radical (unpaired) electrons. The van der Waals surface area contributed by atoms with Crippen LogP contribution < -0.4 is 11.1 Å². The molecule has 2 aromatic rings. The van der Waals surface area contributed by atoms with Crippen LogP contribution in [0.25, 0.3) is 0 Å². The predicted octanol–water partition coefficient (Wildman–Crippen LogP) is 4.30. The van der Waals surface area contributed by atoms with Crippen LogP contribution in [-0.4, -0.2) is 5.91 Å². The molecule has 0 unspecified atom stereocenters. The third-order valence-corrected chi connectivity index (χ3v) is 3.40. The smallest absolute Gasteiger partial charge is 0.255 e. The summed E-state index contributed by atoms with van der Waals surface area (Å²) in [6.07, 6.45) is 0. The highest BCUT2D eigenvalue weighted by molar-refractivity contribution is 6.33. The summed E-state index contributed by atoms with van der Waals surface area (Å²) in [5.74, 6) is 0.214. The Hall–Kier alpha value is -2.00. The number of rotatable bonds is 3. The summed E-state index contributed by atoms with van der Waals surface area (Å²) in [4.78, 5) is 12.1. The minimum atomic E-state index is -0.201. The van der Waals surface area contributed by atoms with Crippen molar-refractivity contribution in [1.82, 2.24) is 0 Å². The standard InChI is InChI=1S/C16H17ClN2O/c1-10(2)11-4-3-5-13(8-11)19-16(20)12-6-7-15(18)14(17)9-12/h3-10H,18H2,1-2H3,(H,19,20). The zero-order valence-electron chi connectivity index (χ0n) is 11.5. The molecule has 3 N–H and O–H groups in total. The number of carbonyl (C=O) groups is 1. The Balaban J connectivity index is 2.19. The van der Waals surface area contributed by atoms with Gasteiger partial charge in [-0.05, 0) is 41.8 Å². The molecule has 0 saturated heterocycles. The molecule has 0 bridgehead atoms. The van der Waals surface area contributed by atoms with Gasteiger partial charge in [-0.1, -0.05) is 37.6 Å². The lowest BCUT2D eigenvalue weighted by molar-refractivity contribution is 0.102. The summed E-state index contributed by atoms with van der Waals surface area (Å²) < 4.78 is 0. The van der Waals surface area contributed by atoms with Gasteiger partial charge in [-0.25, -0.2) is 0 Å². The fourth-order valence-electron chi connectivity index (χ4n) is 1.85. The van der Waals surface area contributed by atoms with Gasteiger partial charge in [0.25, 0.3) is 5.91 Å².